The van der Waals surface area contributed by atoms with Crippen LogP contribution < -0.4 is 15.5 Å². The number of hydrogen-bond donors (Lipinski definition) is 2. The highest BCUT2D eigenvalue weighted by molar-refractivity contribution is 5.97. The van der Waals surface area contributed by atoms with Gasteiger partial charge in [-0.3, -0.25) is 4.79 Å². The quantitative estimate of drug-likeness (QED) is 0.873. The summed E-state index contributed by atoms with van der Waals surface area (Å²) in [6.07, 6.45) is 3.77. The summed E-state index contributed by atoms with van der Waals surface area (Å²) in [7, 11) is 1.79. The summed E-state index contributed by atoms with van der Waals surface area (Å²) in [6, 6.07) is 7.87. The summed E-state index contributed by atoms with van der Waals surface area (Å²) >= 11 is 0. The Kier molecular flexibility index (Phi) is 4.80. The van der Waals surface area contributed by atoms with Gasteiger partial charge in [-0.1, -0.05) is 12.1 Å². The second-order valence-electron chi connectivity index (χ2n) is 5.06. The molecule has 0 radical (unpaired) electrons. The number of hydrogen-bond acceptors (Lipinski definition) is 3. The first-order chi connectivity index (χ1) is 9.22. The number of nitrogens with one attached hydrogen (secondary N) is 2. The average Bonchev–Trinajstić information content (AvgIpc) is 2.47. The Balaban J connectivity index is 2.13. The van der Waals surface area contributed by atoms with Gasteiger partial charge in [-0.15, -0.1) is 0 Å². The summed E-state index contributed by atoms with van der Waals surface area (Å²) < 4.78 is 0. The second-order valence-corrected chi connectivity index (χ2v) is 5.06. The van der Waals surface area contributed by atoms with Crippen molar-refractivity contribution in [1.82, 2.24) is 5.32 Å². The van der Waals surface area contributed by atoms with E-state index in [4.69, 9.17) is 0 Å². The number of para-hydroxylation sites is 2. The van der Waals surface area contributed by atoms with Crippen LogP contribution in [-0.2, 0) is 4.79 Å². The Bertz CT molecular complexity index is 427. The molecule has 1 aliphatic heterocycles. The summed E-state index contributed by atoms with van der Waals surface area (Å²) in [4.78, 5) is 14.4. The van der Waals surface area contributed by atoms with E-state index in [1.54, 1.807) is 7.05 Å². The first-order valence-corrected chi connectivity index (χ1v) is 7.04. The monoisotopic (exact) mass is 261 g/mol. The normalized spacial score (nSPS) is 17.1. The van der Waals surface area contributed by atoms with E-state index in [0.29, 0.717) is 0 Å². The van der Waals surface area contributed by atoms with E-state index in [9.17, 15) is 4.79 Å². The SMILES string of the molecule is CNC(C)C(=O)Nc1ccccc1N1CCCCC1. The third-order valence-electron chi connectivity index (χ3n) is 3.68. The van der Waals surface area contributed by atoms with Crippen molar-refractivity contribution in [2.24, 2.45) is 0 Å². The zero-order valence-corrected chi connectivity index (χ0v) is 11.8. The Hall–Kier alpha value is -1.55. The first-order valence-electron chi connectivity index (χ1n) is 7.04. The summed E-state index contributed by atoms with van der Waals surface area (Å²) in [5.41, 5.74) is 2.05. The van der Waals surface area contributed by atoms with Gasteiger partial charge in [-0.05, 0) is 45.4 Å². The number of benzene rings is 1. The van der Waals surface area contributed by atoms with Crippen LogP contribution in [0.25, 0.3) is 0 Å². The second kappa shape index (κ2) is 6.57. The van der Waals surface area contributed by atoms with Gasteiger partial charge >= 0.3 is 0 Å². The van der Waals surface area contributed by atoms with E-state index in [1.807, 2.05) is 25.1 Å². The molecule has 0 bridgehead atoms. The zero-order chi connectivity index (χ0) is 13.7. The van der Waals surface area contributed by atoms with Crippen molar-refractivity contribution in [2.75, 3.05) is 30.4 Å². The van der Waals surface area contributed by atoms with Crippen LogP contribution in [0.3, 0.4) is 0 Å². The standard InChI is InChI=1S/C15H23N3O/c1-12(16-2)15(19)17-13-8-4-5-9-14(13)18-10-6-3-7-11-18/h4-5,8-9,12,16H,3,6-7,10-11H2,1-2H3,(H,17,19). The van der Waals surface area contributed by atoms with Crippen molar-refractivity contribution in [1.29, 1.82) is 0 Å². The maximum absolute atomic E-state index is 12.0. The lowest BCUT2D eigenvalue weighted by Gasteiger charge is -2.30. The van der Waals surface area contributed by atoms with Crippen LogP contribution in [0.5, 0.6) is 0 Å². The van der Waals surface area contributed by atoms with Crippen molar-refractivity contribution in [2.45, 2.75) is 32.2 Å². The largest absolute Gasteiger partial charge is 0.370 e. The van der Waals surface area contributed by atoms with Crippen molar-refractivity contribution in [3.05, 3.63) is 24.3 Å². The highest BCUT2D eigenvalue weighted by Crippen LogP contribution is 2.28. The van der Waals surface area contributed by atoms with Crippen LogP contribution in [-0.4, -0.2) is 32.1 Å². The van der Waals surface area contributed by atoms with Gasteiger partial charge < -0.3 is 15.5 Å². The molecule has 1 unspecified atom stereocenters. The van der Waals surface area contributed by atoms with E-state index in [2.05, 4.69) is 21.6 Å². The number of piperidine rings is 1. The minimum absolute atomic E-state index is 0.00644. The molecule has 1 atom stereocenters. The zero-order valence-electron chi connectivity index (χ0n) is 11.8. The lowest BCUT2D eigenvalue weighted by Crippen LogP contribution is -2.36. The van der Waals surface area contributed by atoms with Crippen LogP contribution in [0.15, 0.2) is 24.3 Å². The lowest BCUT2D eigenvalue weighted by molar-refractivity contribution is -0.117. The van der Waals surface area contributed by atoms with Crippen LogP contribution >= 0.6 is 0 Å². The van der Waals surface area contributed by atoms with E-state index >= 15 is 0 Å². The van der Waals surface area contributed by atoms with Gasteiger partial charge in [0.1, 0.15) is 0 Å². The molecule has 1 heterocycles. The molecule has 4 nitrogen and oxygen atoms in total. The predicted molar refractivity (Wildman–Crippen MR) is 79.7 cm³/mol. The molecular formula is C15H23N3O. The van der Waals surface area contributed by atoms with Crippen LogP contribution in [0, 0.1) is 0 Å². The van der Waals surface area contributed by atoms with Gasteiger partial charge in [-0.25, -0.2) is 0 Å². The molecule has 1 aliphatic rings. The van der Waals surface area contributed by atoms with E-state index in [0.717, 1.165) is 24.5 Å². The molecule has 104 valence electrons. The number of amides is 1. The Labute approximate surface area is 115 Å². The molecule has 4 heteroatoms. The Morgan fingerprint density at radius 1 is 1.21 bits per heavy atom. The fraction of sp³-hybridized carbons (Fsp3) is 0.533. The van der Waals surface area contributed by atoms with Gasteiger partial charge in [0, 0.05) is 13.1 Å². The fourth-order valence-electron chi connectivity index (χ4n) is 2.36. The highest BCUT2D eigenvalue weighted by Gasteiger charge is 2.17. The van der Waals surface area contributed by atoms with Crippen LogP contribution in [0.2, 0.25) is 0 Å². The molecule has 1 aromatic rings. The van der Waals surface area contributed by atoms with Crippen LogP contribution in [0.4, 0.5) is 11.4 Å². The number of rotatable bonds is 4. The predicted octanol–water partition coefficient (Wildman–Crippen LogP) is 2.22. The van der Waals surface area contributed by atoms with E-state index in [1.165, 1.54) is 19.3 Å². The van der Waals surface area contributed by atoms with Crippen molar-refractivity contribution < 1.29 is 4.79 Å². The third kappa shape index (κ3) is 3.47. The van der Waals surface area contributed by atoms with Gasteiger partial charge in [0.2, 0.25) is 5.91 Å². The van der Waals surface area contributed by atoms with Crippen LogP contribution in [0.1, 0.15) is 26.2 Å². The topological polar surface area (TPSA) is 44.4 Å². The Morgan fingerprint density at radius 3 is 2.58 bits per heavy atom. The molecule has 2 N–H and O–H groups in total. The van der Waals surface area contributed by atoms with E-state index in [-0.39, 0.29) is 11.9 Å². The number of carbonyl (C=O) groups is 1. The van der Waals surface area contributed by atoms with Gasteiger partial charge in [-0.2, -0.15) is 0 Å². The maximum atomic E-state index is 12.0. The average molecular weight is 261 g/mol. The Morgan fingerprint density at radius 2 is 1.89 bits per heavy atom. The lowest BCUT2D eigenvalue weighted by atomic mass is 10.1. The molecule has 0 aliphatic carbocycles. The fourth-order valence-corrected chi connectivity index (χ4v) is 2.36. The van der Waals surface area contributed by atoms with Crippen molar-refractivity contribution in [3.8, 4) is 0 Å². The molecule has 0 aromatic heterocycles. The maximum Gasteiger partial charge on any atom is 0.241 e. The summed E-state index contributed by atoms with van der Waals surface area (Å²) in [5.74, 6) is 0.00644. The minimum Gasteiger partial charge on any atom is -0.370 e. The van der Waals surface area contributed by atoms with E-state index < -0.39 is 0 Å². The number of carbonyl (C=O) groups excluding carboxylic acids is 1. The molecule has 1 fully saturated rings. The molecule has 0 saturated carbocycles. The first kappa shape index (κ1) is 13.9. The van der Waals surface area contributed by atoms with Crippen molar-refractivity contribution >= 4 is 17.3 Å². The van der Waals surface area contributed by atoms with Gasteiger partial charge in [0.05, 0.1) is 17.4 Å². The number of nitrogens with zero attached hydrogens (tertiary/aromatic N) is 1. The minimum atomic E-state index is -0.186. The molecule has 2 rings (SSSR count). The number of anilines is 2. The summed E-state index contributed by atoms with van der Waals surface area (Å²) in [6.45, 7) is 4.02. The smallest absolute Gasteiger partial charge is 0.241 e. The van der Waals surface area contributed by atoms with Crippen molar-refractivity contribution in [3.63, 3.8) is 0 Å². The number of likely N-dealkylation sites (N-methyl/N-ethyl adjacent to an activating group) is 1. The molecule has 19 heavy (non-hydrogen) atoms. The molecule has 0 spiro atoms. The molecule has 1 amide bonds. The molecule has 1 saturated heterocycles. The molecule has 1 aromatic carbocycles. The van der Waals surface area contributed by atoms with Gasteiger partial charge in [0.15, 0.2) is 0 Å². The van der Waals surface area contributed by atoms with Gasteiger partial charge in [0.25, 0.3) is 0 Å². The summed E-state index contributed by atoms with van der Waals surface area (Å²) in [5, 5.41) is 5.97. The third-order valence-corrected chi connectivity index (χ3v) is 3.68. The molecular weight excluding hydrogens is 238 g/mol. The highest BCUT2D eigenvalue weighted by atomic mass is 16.2.